The maximum Gasteiger partial charge on any atom is 0.225 e. The summed E-state index contributed by atoms with van der Waals surface area (Å²) in [5.41, 5.74) is 1.29. The van der Waals surface area contributed by atoms with Gasteiger partial charge in [0.05, 0.1) is 0 Å². The molecular formula is C15H17NO2. The molecule has 1 amide bonds. The van der Waals surface area contributed by atoms with Crippen LogP contribution < -0.4 is 4.74 Å². The number of nitrogens with zero attached hydrogens (tertiary/aromatic N) is 1. The fraction of sp³-hybridized carbons (Fsp3) is 0.533. The molecule has 3 heteroatoms. The molecule has 0 radical (unpaired) electrons. The second-order valence-corrected chi connectivity index (χ2v) is 5.65. The third-order valence-corrected chi connectivity index (χ3v) is 4.38. The van der Waals surface area contributed by atoms with Crippen LogP contribution in [0.25, 0.3) is 0 Å². The van der Waals surface area contributed by atoms with E-state index < -0.39 is 0 Å². The lowest BCUT2D eigenvalue weighted by Gasteiger charge is -2.34. The van der Waals surface area contributed by atoms with E-state index in [0.29, 0.717) is 17.7 Å². The Bertz CT molecular complexity index is 495. The van der Waals surface area contributed by atoms with Crippen LogP contribution in [0.5, 0.6) is 5.75 Å². The molecular weight excluding hydrogens is 226 g/mol. The maximum absolute atomic E-state index is 12.1. The third kappa shape index (κ3) is 1.53. The van der Waals surface area contributed by atoms with Gasteiger partial charge < -0.3 is 9.64 Å². The van der Waals surface area contributed by atoms with Crippen molar-refractivity contribution in [2.24, 2.45) is 5.92 Å². The van der Waals surface area contributed by atoms with Gasteiger partial charge >= 0.3 is 0 Å². The SMILES string of the molecule is O=C(C1CC1)N1CC[C@H]2Oc3ccccc3[C@H]2C1. The first-order chi connectivity index (χ1) is 8.83. The average molecular weight is 243 g/mol. The van der Waals surface area contributed by atoms with Crippen LogP contribution in [0.4, 0.5) is 0 Å². The summed E-state index contributed by atoms with van der Waals surface area (Å²) in [5, 5.41) is 0. The minimum Gasteiger partial charge on any atom is -0.489 e. The summed E-state index contributed by atoms with van der Waals surface area (Å²) in [6, 6.07) is 8.27. The zero-order valence-corrected chi connectivity index (χ0v) is 10.3. The lowest BCUT2D eigenvalue weighted by molar-refractivity contribution is -0.134. The van der Waals surface area contributed by atoms with E-state index in [2.05, 4.69) is 17.0 Å². The van der Waals surface area contributed by atoms with Gasteiger partial charge in [-0.3, -0.25) is 4.79 Å². The zero-order valence-electron chi connectivity index (χ0n) is 10.3. The number of likely N-dealkylation sites (tertiary alicyclic amines) is 1. The number of hydrogen-bond donors (Lipinski definition) is 0. The normalized spacial score (nSPS) is 29.4. The maximum atomic E-state index is 12.1. The predicted octanol–water partition coefficient (Wildman–Crippen LogP) is 2.17. The van der Waals surface area contributed by atoms with E-state index in [0.717, 1.165) is 38.1 Å². The Morgan fingerprint density at radius 1 is 1.22 bits per heavy atom. The zero-order chi connectivity index (χ0) is 12.1. The van der Waals surface area contributed by atoms with Crippen LogP contribution in [0.2, 0.25) is 0 Å². The number of fused-ring (bicyclic) bond motifs is 3. The number of carbonyl (C=O) groups is 1. The molecule has 2 atom stereocenters. The van der Waals surface area contributed by atoms with Gasteiger partial charge in [-0.05, 0) is 18.9 Å². The summed E-state index contributed by atoms with van der Waals surface area (Å²) in [7, 11) is 0. The number of ether oxygens (including phenoxy) is 1. The lowest BCUT2D eigenvalue weighted by Crippen LogP contribution is -2.45. The standard InChI is InChI=1S/C15H17NO2/c17-15(10-5-6-10)16-8-7-14-12(9-16)11-3-1-2-4-13(11)18-14/h1-4,10,12,14H,5-9H2/t12-,14-/m1/s1. The molecule has 94 valence electrons. The number of benzene rings is 1. The van der Waals surface area contributed by atoms with Gasteiger partial charge in [-0.15, -0.1) is 0 Å². The highest BCUT2D eigenvalue weighted by Crippen LogP contribution is 2.42. The molecule has 1 aromatic rings. The highest BCUT2D eigenvalue weighted by Gasteiger charge is 2.42. The number of rotatable bonds is 1. The van der Waals surface area contributed by atoms with Crippen LogP contribution in [0.1, 0.15) is 30.7 Å². The van der Waals surface area contributed by atoms with E-state index >= 15 is 0 Å². The Balaban J connectivity index is 1.58. The molecule has 2 fully saturated rings. The molecule has 0 aromatic heterocycles. The molecule has 1 saturated heterocycles. The molecule has 0 unspecified atom stereocenters. The van der Waals surface area contributed by atoms with Crippen molar-refractivity contribution < 1.29 is 9.53 Å². The second-order valence-electron chi connectivity index (χ2n) is 5.65. The van der Waals surface area contributed by atoms with Crippen molar-refractivity contribution in [1.82, 2.24) is 4.90 Å². The summed E-state index contributed by atoms with van der Waals surface area (Å²) in [5.74, 6) is 2.11. The topological polar surface area (TPSA) is 29.5 Å². The Morgan fingerprint density at radius 3 is 2.89 bits per heavy atom. The summed E-state index contributed by atoms with van der Waals surface area (Å²) < 4.78 is 5.98. The Hall–Kier alpha value is -1.51. The largest absolute Gasteiger partial charge is 0.489 e. The van der Waals surface area contributed by atoms with Crippen molar-refractivity contribution in [3.63, 3.8) is 0 Å². The van der Waals surface area contributed by atoms with Crippen molar-refractivity contribution >= 4 is 5.91 Å². The quantitative estimate of drug-likeness (QED) is 0.756. The molecule has 0 bridgehead atoms. The Labute approximate surface area is 107 Å². The van der Waals surface area contributed by atoms with Crippen LogP contribution in [-0.2, 0) is 4.79 Å². The van der Waals surface area contributed by atoms with Crippen molar-refractivity contribution in [1.29, 1.82) is 0 Å². The van der Waals surface area contributed by atoms with Crippen molar-refractivity contribution in [2.45, 2.75) is 31.3 Å². The smallest absolute Gasteiger partial charge is 0.225 e. The first kappa shape index (κ1) is 10.4. The highest BCUT2D eigenvalue weighted by atomic mass is 16.5. The van der Waals surface area contributed by atoms with Gasteiger partial charge in [-0.25, -0.2) is 0 Å². The van der Waals surface area contributed by atoms with Crippen molar-refractivity contribution in [3.05, 3.63) is 29.8 Å². The van der Waals surface area contributed by atoms with Crippen LogP contribution in [0.15, 0.2) is 24.3 Å². The molecule has 1 saturated carbocycles. The highest BCUT2D eigenvalue weighted by molar-refractivity contribution is 5.81. The molecule has 4 rings (SSSR count). The molecule has 0 N–H and O–H groups in total. The van der Waals surface area contributed by atoms with E-state index in [4.69, 9.17) is 4.74 Å². The molecule has 1 aliphatic carbocycles. The first-order valence-electron chi connectivity index (χ1n) is 6.87. The van der Waals surface area contributed by atoms with Gasteiger partial charge in [0.2, 0.25) is 5.91 Å². The minimum absolute atomic E-state index is 0.283. The van der Waals surface area contributed by atoms with Gasteiger partial charge in [-0.2, -0.15) is 0 Å². The summed E-state index contributed by atoms with van der Waals surface area (Å²) in [6.07, 6.45) is 3.44. The molecule has 3 aliphatic rings. The third-order valence-electron chi connectivity index (χ3n) is 4.38. The Morgan fingerprint density at radius 2 is 2.06 bits per heavy atom. The Kier molecular flexibility index (Phi) is 2.16. The average Bonchev–Trinajstić information content (AvgIpc) is 3.18. The van der Waals surface area contributed by atoms with E-state index in [9.17, 15) is 4.79 Å². The molecule has 1 aromatic carbocycles. The number of carbonyl (C=O) groups excluding carboxylic acids is 1. The van der Waals surface area contributed by atoms with Crippen molar-refractivity contribution in [2.75, 3.05) is 13.1 Å². The van der Waals surface area contributed by atoms with Crippen LogP contribution >= 0.6 is 0 Å². The van der Waals surface area contributed by atoms with Gasteiger partial charge in [-0.1, -0.05) is 18.2 Å². The number of amides is 1. The molecule has 18 heavy (non-hydrogen) atoms. The van der Waals surface area contributed by atoms with Gasteiger partial charge in [0.15, 0.2) is 0 Å². The fourth-order valence-electron chi connectivity index (χ4n) is 3.22. The summed E-state index contributed by atoms with van der Waals surface area (Å²) in [6.45, 7) is 1.71. The van der Waals surface area contributed by atoms with Crippen LogP contribution in [0, 0.1) is 5.92 Å². The predicted molar refractivity (Wildman–Crippen MR) is 67.5 cm³/mol. The molecule has 2 aliphatic heterocycles. The molecule has 2 heterocycles. The molecule has 3 nitrogen and oxygen atoms in total. The van der Waals surface area contributed by atoms with Crippen LogP contribution in [0.3, 0.4) is 0 Å². The van der Waals surface area contributed by atoms with Gasteiger partial charge in [0.1, 0.15) is 11.9 Å². The monoisotopic (exact) mass is 243 g/mol. The molecule has 0 spiro atoms. The first-order valence-corrected chi connectivity index (χ1v) is 6.87. The van der Waals surface area contributed by atoms with E-state index in [1.807, 2.05) is 12.1 Å². The van der Waals surface area contributed by atoms with E-state index in [-0.39, 0.29) is 6.10 Å². The summed E-state index contributed by atoms with van der Waals surface area (Å²) >= 11 is 0. The number of para-hydroxylation sites is 1. The van der Waals surface area contributed by atoms with Crippen LogP contribution in [-0.4, -0.2) is 30.0 Å². The number of piperidine rings is 1. The van der Waals surface area contributed by atoms with Gasteiger partial charge in [0, 0.05) is 36.9 Å². The minimum atomic E-state index is 0.283. The lowest BCUT2D eigenvalue weighted by atomic mass is 9.90. The van der Waals surface area contributed by atoms with Gasteiger partial charge in [0.25, 0.3) is 0 Å². The van der Waals surface area contributed by atoms with E-state index in [1.165, 1.54) is 5.56 Å². The number of hydrogen-bond acceptors (Lipinski definition) is 2. The van der Waals surface area contributed by atoms with E-state index in [1.54, 1.807) is 0 Å². The summed E-state index contributed by atoms with van der Waals surface area (Å²) in [4.78, 5) is 14.2. The fourth-order valence-corrected chi connectivity index (χ4v) is 3.22. The van der Waals surface area contributed by atoms with Crippen molar-refractivity contribution in [3.8, 4) is 5.75 Å². The second kappa shape index (κ2) is 3.74.